The predicted octanol–water partition coefficient (Wildman–Crippen LogP) is 5.67. The number of hydrogen-bond acceptors (Lipinski definition) is 5. The molecular weight excluding hydrogens is 682 g/mol. The molecule has 4 aromatic rings. The zero-order valence-corrected chi connectivity index (χ0v) is 28.8. The number of benzene rings is 3. The van der Waals surface area contributed by atoms with Gasteiger partial charge < -0.3 is 15.6 Å². The summed E-state index contributed by atoms with van der Waals surface area (Å²) in [5.74, 6) is -1.67. The van der Waals surface area contributed by atoms with Gasteiger partial charge in [-0.1, -0.05) is 90.7 Å². The SMILES string of the molecule is CCCCCC/C=C(\CC(=O)NNS(=O)(=O)c1ccc(-c2ccc(Br)cc2)cc1)C(=O)N[C@@H](Cc1c[nH]c2ccccc12)C(=O)NC. The van der Waals surface area contributed by atoms with E-state index >= 15 is 0 Å². The molecule has 12 heteroatoms. The minimum Gasteiger partial charge on any atom is -0.361 e. The maximum absolute atomic E-state index is 13.5. The number of H-pyrrole nitrogens is 1. The van der Waals surface area contributed by atoms with Crippen molar-refractivity contribution in [3.63, 3.8) is 0 Å². The standard InChI is InChI=1S/C35H40BrN5O5S/c1-3-4-5-6-7-10-26(34(43)39-32(35(44)37-2)21-27-23-38-31-12-9-8-11-30(27)31)22-33(42)40-41-47(45,46)29-19-15-25(16-20-29)24-13-17-28(36)18-14-24/h8-20,23,32,38,41H,3-7,21-22H2,1-2H3,(H,37,44)(H,39,43)(H,40,42)/b26-10+/t32-/m0/s1. The lowest BCUT2D eigenvalue weighted by Crippen LogP contribution is -2.48. The molecule has 0 saturated heterocycles. The molecule has 0 aliphatic rings. The van der Waals surface area contributed by atoms with Gasteiger partial charge in [-0.05, 0) is 59.9 Å². The smallest absolute Gasteiger partial charge is 0.257 e. The van der Waals surface area contributed by atoms with E-state index in [2.05, 4.69) is 48.7 Å². The van der Waals surface area contributed by atoms with Crippen molar-refractivity contribution in [2.24, 2.45) is 0 Å². The molecule has 4 rings (SSSR count). The Morgan fingerprint density at radius 2 is 1.60 bits per heavy atom. The maximum Gasteiger partial charge on any atom is 0.257 e. The van der Waals surface area contributed by atoms with Crippen LogP contribution in [0, 0.1) is 0 Å². The zero-order valence-electron chi connectivity index (χ0n) is 26.4. The van der Waals surface area contributed by atoms with Gasteiger partial charge in [0.05, 0.1) is 11.3 Å². The van der Waals surface area contributed by atoms with E-state index < -0.39 is 34.3 Å². The quantitative estimate of drug-likeness (QED) is 0.0575. The summed E-state index contributed by atoms with van der Waals surface area (Å²) >= 11 is 3.40. The Bertz CT molecular complexity index is 1820. The number of sulfonamides is 1. The number of likely N-dealkylation sites (N-methyl/N-ethyl adjacent to an activating group) is 1. The maximum atomic E-state index is 13.5. The van der Waals surface area contributed by atoms with Gasteiger partial charge in [-0.25, -0.2) is 8.42 Å². The lowest BCUT2D eigenvalue weighted by atomic mass is 10.0. The second kappa shape index (κ2) is 17.1. The first kappa shape index (κ1) is 35.6. The molecule has 1 atom stereocenters. The van der Waals surface area contributed by atoms with Gasteiger partial charge in [-0.2, -0.15) is 0 Å². The highest BCUT2D eigenvalue weighted by molar-refractivity contribution is 9.10. The van der Waals surface area contributed by atoms with E-state index in [1.807, 2.05) is 54.7 Å². The Kier molecular flexibility index (Phi) is 12.9. The van der Waals surface area contributed by atoms with Crippen molar-refractivity contribution in [2.45, 2.75) is 62.8 Å². The van der Waals surface area contributed by atoms with Gasteiger partial charge in [0.1, 0.15) is 6.04 Å². The summed E-state index contributed by atoms with van der Waals surface area (Å²) in [6.07, 6.45) is 7.78. The molecule has 0 unspecified atom stereocenters. The average Bonchev–Trinajstić information content (AvgIpc) is 3.49. The number of carbonyl (C=O) groups is 3. The lowest BCUT2D eigenvalue weighted by Gasteiger charge is -2.18. The van der Waals surface area contributed by atoms with E-state index in [9.17, 15) is 22.8 Å². The molecule has 3 aromatic carbocycles. The van der Waals surface area contributed by atoms with Gasteiger partial charge in [0.15, 0.2) is 0 Å². The first-order chi connectivity index (χ1) is 22.6. The molecule has 0 bridgehead atoms. The minimum atomic E-state index is -4.09. The largest absolute Gasteiger partial charge is 0.361 e. The summed E-state index contributed by atoms with van der Waals surface area (Å²) in [5, 5.41) is 6.34. The average molecular weight is 723 g/mol. The van der Waals surface area contributed by atoms with Gasteiger partial charge in [-0.3, -0.25) is 19.8 Å². The highest BCUT2D eigenvalue weighted by atomic mass is 79.9. The number of aromatic nitrogens is 1. The van der Waals surface area contributed by atoms with Crippen molar-refractivity contribution in [3.8, 4) is 11.1 Å². The molecule has 1 heterocycles. The number of nitrogens with one attached hydrogen (secondary N) is 5. The third-order valence-corrected chi connectivity index (χ3v) is 9.52. The van der Waals surface area contributed by atoms with Crippen LogP contribution in [0.5, 0.6) is 0 Å². The van der Waals surface area contributed by atoms with E-state index in [4.69, 9.17) is 0 Å². The number of aromatic amines is 1. The van der Waals surface area contributed by atoms with Crippen LogP contribution in [0.15, 0.2) is 100 Å². The van der Waals surface area contributed by atoms with Crippen LogP contribution in [-0.2, 0) is 30.8 Å². The fourth-order valence-corrected chi connectivity index (χ4v) is 6.24. The first-order valence-electron chi connectivity index (χ1n) is 15.5. The second-order valence-electron chi connectivity index (χ2n) is 11.1. The van der Waals surface area contributed by atoms with Crippen LogP contribution in [-0.4, -0.2) is 44.2 Å². The summed E-state index contributed by atoms with van der Waals surface area (Å²) in [6, 6.07) is 20.7. The fourth-order valence-electron chi connectivity index (χ4n) is 5.12. The van der Waals surface area contributed by atoms with Crippen molar-refractivity contribution in [3.05, 3.63) is 101 Å². The van der Waals surface area contributed by atoms with Crippen molar-refractivity contribution >= 4 is 54.6 Å². The van der Waals surface area contributed by atoms with Crippen LogP contribution in [0.1, 0.15) is 51.0 Å². The third-order valence-electron chi connectivity index (χ3n) is 7.73. The molecule has 47 heavy (non-hydrogen) atoms. The summed E-state index contributed by atoms with van der Waals surface area (Å²) in [6.45, 7) is 2.10. The molecule has 0 aliphatic carbocycles. The summed E-state index contributed by atoms with van der Waals surface area (Å²) < 4.78 is 26.8. The van der Waals surface area contributed by atoms with Gasteiger partial charge >= 0.3 is 0 Å². The second-order valence-corrected chi connectivity index (χ2v) is 13.7. The highest BCUT2D eigenvalue weighted by Crippen LogP contribution is 2.23. The summed E-state index contributed by atoms with van der Waals surface area (Å²) in [4.78, 5) is 44.6. The van der Waals surface area contributed by atoms with Crippen LogP contribution in [0.3, 0.4) is 0 Å². The van der Waals surface area contributed by atoms with Crippen LogP contribution < -0.4 is 20.9 Å². The zero-order chi connectivity index (χ0) is 33.8. The fraction of sp³-hybridized carbons (Fsp3) is 0.286. The van der Waals surface area contributed by atoms with Gasteiger partial charge in [-0.15, -0.1) is 4.83 Å². The predicted molar refractivity (Wildman–Crippen MR) is 188 cm³/mol. The van der Waals surface area contributed by atoms with Crippen LogP contribution in [0.25, 0.3) is 22.0 Å². The number of rotatable bonds is 16. The molecule has 5 N–H and O–H groups in total. The monoisotopic (exact) mass is 721 g/mol. The Labute approximate surface area is 284 Å². The van der Waals surface area contributed by atoms with E-state index in [1.165, 1.54) is 19.2 Å². The molecule has 0 aliphatic heterocycles. The number of fused-ring (bicyclic) bond motifs is 1. The molecule has 248 valence electrons. The minimum absolute atomic E-state index is 0.0335. The van der Waals surface area contributed by atoms with Crippen molar-refractivity contribution in [1.82, 2.24) is 25.9 Å². The number of hydrazine groups is 1. The van der Waals surface area contributed by atoms with Gasteiger partial charge in [0.2, 0.25) is 17.7 Å². The lowest BCUT2D eigenvalue weighted by molar-refractivity contribution is -0.127. The highest BCUT2D eigenvalue weighted by Gasteiger charge is 2.25. The molecule has 0 spiro atoms. The summed E-state index contributed by atoms with van der Waals surface area (Å²) in [7, 11) is -2.60. The number of carbonyl (C=O) groups excluding carboxylic acids is 3. The number of amides is 3. The van der Waals surface area contributed by atoms with Crippen LogP contribution >= 0.6 is 15.9 Å². The van der Waals surface area contributed by atoms with Gasteiger partial charge in [0.25, 0.3) is 10.0 Å². The molecule has 1 aromatic heterocycles. The topological polar surface area (TPSA) is 149 Å². The number of para-hydroxylation sites is 1. The van der Waals surface area contributed by atoms with Crippen molar-refractivity contribution in [1.29, 1.82) is 0 Å². The van der Waals surface area contributed by atoms with E-state index in [1.54, 1.807) is 18.2 Å². The molecule has 10 nitrogen and oxygen atoms in total. The Hall–Kier alpha value is -4.26. The molecule has 3 amide bonds. The number of unbranched alkanes of at least 4 members (excludes halogenated alkanes) is 4. The molecule has 0 radical (unpaired) electrons. The molecular formula is C35H40BrN5O5S. The van der Waals surface area contributed by atoms with Crippen LogP contribution in [0.4, 0.5) is 0 Å². The molecule has 0 fully saturated rings. The first-order valence-corrected chi connectivity index (χ1v) is 17.8. The van der Waals surface area contributed by atoms with E-state index in [0.717, 1.165) is 57.7 Å². The van der Waals surface area contributed by atoms with Crippen molar-refractivity contribution < 1.29 is 22.8 Å². The third kappa shape index (κ3) is 10.1. The van der Waals surface area contributed by atoms with E-state index in [-0.39, 0.29) is 22.8 Å². The van der Waals surface area contributed by atoms with Crippen molar-refractivity contribution in [2.75, 3.05) is 7.05 Å². The van der Waals surface area contributed by atoms with E-state index in [0.29, 0.717) is 6.42 Å². The van der Waals surface area contributed by atoms with Gasteiger partial charge in [0, 0.05) is 40.6 Å². The number of allylic oxidation sites excluding steroid dienone is 1. The Morgan fingerprint density at radius 1 is 0.915 bits per heavy atom. The number of hydrogen-bond donors (Lipinski definition) is 5. The number of halogens is 1. The molecule has 0 saturated carbocycles. The Balaban J connectivity index is 1.43. The van der Waals surface area contributed by atoms with Crippen LogP contribution in [0.2, 0.25) is 0 Å². The Morgan fingerprint density at radius 3 is 2.28 bits per heavy atom. The normalized spacial score (nSPS) is 12.4. The summed E-state index contributed by atoms with van der Waals surface area (Å²) in [5.41, 5.74) is 5.90.